The molecule has 2 amide bonds. The van der Waals surface area contributed by atoms with Gasteiger partial charge in [-0.1, -0.05) is 15.9 Å². The number of nitrogens with zero attached hydrogens (tertiary/aromatic N) is 1. The molecule has 0 spiro atoms. The van der Waals surface area contributed by atoms with E-state index in [0.717, 1.165) is 12.8 Å². The number of hydrogen-bond acceptors (Lipinski definition) is 3. The second-order valence-corrected chi connectivity index (χ2v) is 6.87. The molecule has 1 saturated carbocycles. The molecule has 1 rings (SSSR count). The summed E-state index contributed by atoms with van der Waals surface area (Å²) in [5.41, 5.74) is -0.511. The summed E-state index contributed by atoms with van der Waals surface area (Å²) in [5.74, 6) is 0.0764. The standard InChI is InChI=1S/C14H25BrN2O3/c1-10(16-13(19)20-14(2,3)4)9-17(12(18)8-15)11-6-5-7-11/h10-11H,5-9H2,1-4H3,(H,16,19)/t10-/m0/s1. The van der Waals surface area contributed by atoms with E-state index < -0.39 is 11.7 Å². The van der Waals surface area contributed by atoms with Crippen LogP contribution in [0.15, 0.2) is 0 Å². The summed E-state index contributed by atoms with van der Waals surface area (Å²) in [6.45, 7) is 7.89. The predicted octanol–water partition coefficient (Wildman–Crippen LogP) is 2.68. The molecule has 0 aromatic carbocycles. The molecule has 5 nitrogen and oxygen atoms in total. The number of halogens is 1. The zero-order chi connectivity index (χ0) is 15.3. The molecule has 0 aromatic heterocycles. The van der Waals surface area contributed by atoms with Gasteiger partial charge in [0.1, 0.15) is 5.60 Å². The summed E-state index contributed by atoms with van der Waals surface area (Å²) in [4.78, 5) is 25.5. The third-order valence-corrected chi connectivity index (χ3v) is 3.66. The van der Waals surface area contributed by atoms with Crippen molar-refractivity contribution in [3.05, 3.63) is 0 Å². The van der Waals surface area contributed by atoms with Gasteiger partial charge in [0.15, 0.2) is 0 Å². The van der Waals surface area contributed by atoms with Crippen LogP contribution in [0.4, 0.5) is 4.79 Å². The van der Waals surface area contributed by atoms with E-state index in [4.69, 9.17) is 4.74 Å². The minimum Gasteiger partial charge on any atom is -0.444 e. The van der Waals surface area contributed by atoms with Crippen LogP contribution >= 0.6 is 15.9 Å². The number of alkyl halides is 1. The fourth-order valence-corrected chi connectivity index (χ4v) is 2.40. The van der Waals surface area contributed by atoms with E-state index in [2.05, 4.69) is 21.2 Å². The van der Waals surface area contributed by atoms with E-state index >= 15 is 0 Å². The number of nitrogens with one attached hydrogen (secondary N) is 1. The molecule has 1 aliphatic carbocycles. The van der Waals surface area contributed by atoms with Crippen LogP contribution in [0.5, 0.6) is 0 Å². The molecular formula is C14H25BrN2O3. The molecule has 0 radical (unpaired) electrons. The Labute approximate surface area is 129 Å². The fraction of sp³-hybridized carbons (Fsp3) is 0.857. The van der Waals surface area contributed by atoms with Crippen molar-refractivity contribution in [2.75, 3.05) is 11.9 Å². The van der Waals surface area contributed by atoms with Crippen LogP contribution in [0.2, 0.25) is 0 Å². The van der Waals surface area contributed by atoms with Crippen LogP contribution < -0.4 is 5.32 Å². The monoisotopic (exact) mass is 348 g/mol. The lowest BCUT2D eigenvalue weighted by Crippen LogP contribution is -2.51. The minimum atomic E-state index is -0.511. The molecule has 0 unspecified atom stereocenters. The van der Waals surface area contributed by atoms with E-state index in [-0.39, 0.29) is 11.9 Å². The van der Waals surface area contributed by atoms with Crippen LogP contribution in [0.3, 0.4) is 0 Å². The first kappa shape index (κ1) is 17.3. The summed E-state index contributed by atoms with van der Waals surface area (Å²) in [6, 6.07) is 0.191. The van der Waals surface area contributed by atoms with Crippen molar-refractivity contribution in [2.45, 2.75) is 64.6 Å². The lowest BCUT2D eigenvalue weighted by molar-refractivity contribution is -0.132. The summed E-state index contributed by atoms with van der Waals surface area (Å²) in [6.07, 6.45) is 2.84. The van der Waals surface area contributed by atoms with Gasteiger partial charge >= 0.3 is 6.09 Å². The Hall–Kier alpha value is -0.780. The van der Waals surface area contributed by atoms with Gasteiger partial charge in [-0.2, -0.15) is 0 Å². The lowest BCUT2D eigenvalue weighted by atomic mass is 9.91. The first-order chi connectivity index (χ1) is 9.23. The van der Waals surface area contributed by atoms with E-state index in [1.807, 2.05) is 32.6 Å². The third-order valence-electron chi connectivity index (χ3n) is 3.18. The van der Waals surface area contributed by atoms with E-state index in [9.17, 15) is 9.59 Å². The van der Waals surface area contributed by atoms with Crippen molar-refractivity contribution < 1.29 is 14.3 Å². The molecule has 0 aliphatic heterocycles. The van der Waals surface area contributed by atoms with Gasteiger partial charge in [0.25, 0.3) is 0 Å². The highest BCUT2D eigenvalue weighted by Gasteiger charge is 2.29. The quantitative estimate of drug-likeness (QED) is 0.777. The van der Waals surface area contributed by atoms with Crippen molar-refractivity contribution in [2.24, 2.45) is 0 Å². The van der Waals surface area contributed by atoms with Gasteiger partial charge in [0.05, 0.1) is 5.33 Å². The smallest absolute Gasteiger partial charge is 0.407 e. The maximum absolute atomic E-state index is 11.9. The zero-order valence-electron chi connectivity index (χ0n) is 12.7. The van der Waals surface area contributed by atoms with Crippen molar-refractivity contribution in [1.82, 2.24) is 10.2 Å². The SMILES string of the molecule is C[C@@H](CN(C(=O)CBr)C1CCC1)NC(=O)OC(C)(C)C. The largest absolute Gasteiger partial charge is 0.444 e. The van der Waals surface area contributed by atoms with Gasteiger partial charge in [-0.25, -0.2) is 4.79 Å². The summed E-state index contributed by atoms with van der Waals surface area (Å²) in [7, 11) is 0. The Morgan fingerprint density at radius 2 is 2.00 bits per heavy atom. The minimum absolute atomic E-state index is 0.0764. The Kier molecular flexibility index (Phi) is 6.30. The Balaban J connectivity index is 2.47. The first-order valence-corrected chi connectivity index (χ1v) is 8.20. The fourth-order valence-electron chi connectivity index (χ4n) is 2.08. The second-order valence-electron chi connectivity index (χ2n) is 6.31. The van der Waals surface area contributed by atoms with Crippen LogP contribution in [-0.2, 0) is 9.53 Å². The van der Waals surface area contributed by atoms with Crippen molar-refractivity contribution in [3.63, 3.8) is 0 Å². The summed E-state index contributed by atoms with van der Waals surface area (Å²) < 4.78 is 5.21. The van der Waals surface area contributed by atoms with Crippen LogP contribution in [0.25, 0.3) is 0 Å². The normalized spacial score (nSPS) is 17.1. The Bertz CT molecular complexity index is 351. The van der Waals surface area contributed by atoms with Gasteiger partial charge in [0, 0.05) is 18.6 Å². The molecule has 116 valence electrons. The van der Waals surface area contributed by atoms with Crippen molar-refractivity contribution in [1.29, 1.82) is 0 Å². The van der Waals surface area contributed by atoms with Gasteiger partial charge < -0.3 is 15.0 Å². The number of carbonyl (C=O) groups is 2. The molecule has 1 atom stereocenters. The maximum atomic E-state index is 11.9. The van der Waals surface area contributed by atoms with Crippen LogP contribution in [0, 0.1) is 0 Å². The van der Waals surface area contributed by atoms with E-state index in [1.165, 1.54) is 6.42 Å². The first-order valence-electron chi connectivity index (χ1n) is 7.08. The molecule has 20 heavy (non-hydrogen) atoms. The third kappa shape index (κ3) is 5.69. The molecular weight excluding hydrogens is 324 g/mol. The second kappa shape index (κ2) is 7.29. The van der Waals surface area contributed by atoms with Crippen LogP contribution in [0.1, 0.15) is 47.0 Å². The van der Waals surface area contributed by atoms with E-state index in [0.29, 0.717) is 17.9 Å². The molecule has 6 heteroatoms. The average Bonchev–Trinajstić information content (AvgIpc) is 2.21. The number of alkyl carbamates (subject to hydrolysis) is 1. The van der Waals surface area contributed by atoms with Gasteiger partial charge in [-0.05, 0) is 47.0 Å². The molecule has 1 aliphatic rings. The number of hydrogen-bond donors (Lipinski definition) is 1. The molecule has 1 N–H and O–H groups in total. The highest BCUT2D eigenvalue weighted by Crippen LogP contribution is 2.25. The summed E-state index contributed by atoms with van der Waals surface area (Å²) in [5, 5.41) is 3.10. The number of rotatable bonds is 5. The Morgan fingerprint density at radius 1 is 1.40 bits per heavy atom. The van der Waals surface area contributed by atoms with Crippen molar-refractivity contribution >= 4 is 27.9 Å². The molecule has 0 bridgehead atoms. The number of amides is 2. The van der Waals surface area contributed by atoms with Crippen molar-refractivity contribution in [3.8, 4) is 0 Å². The highest BCUT2D eigenvalue weighted by molar-refractivity contribution is 9.09. The van der Waals surface area contributed by atoms with Gasteiger partial charge in [-0.15, -0.1) is 0 Å². The topological polar surface area (TPSA) is 58.6 Å². The van der Waals surface area contributed by atoms with Gasteiger partial charge in [-0.3, -0.25) is 4.79 Å². The molecule has 0 heterocycles. The average molecular weight is 349 g/mol. The molecule has 1 fully saturated rings. The van der Waals surface area contributed by atoms with E-state index in [1.54, 1.807) is 0 Å². The summed E-state index contributed by atoms with van der Waals surface area (Å²) >= 11 is 3.21. The highest BCUT2D eigenvalue weighted by atomic mass is 79.9. The lowest BCUT2D eigenvalue weighted by Gasteiger charge is -2.39. The molecule has 0 saturated heterocycles. The molecule has 0 aromatic rings. The number of ether oxygens (including phenoxy) is 1. The maximum Gasteiger partial charge on any atom is 0.407 e. The van der Waals surface area contributed by atoms with Crippen LogP contribution in [-0.4, -0.2) is 46.5 Å². The number of carbonyl (C=O) groups excluding carboxylic acids is 2. The Morgan fingerprint density at radius 3 is 2.40 bits per heavy atom. The van der Waals surface area contributed by atoms with Gasteiger partial charge in [0.2, 0.25) is 5.91 Å². The zero-order valence-corrected chi connectivity index (χ0v) is 14.3. The predicted molar refractivity (Wildman–Crippen MR) is 82.0 cm³/mol.